The van der Waals surface area contributed by atoms with Crippen molar-refractivity contribution in [3.05, 3.63) is 147 Å². The number of phenolic OH excluding ortho intramolecular Hbond substituents is 29. The Kier molecular flexibility index (Phi) is 23.2. The number of esters is 10. The first-order chi connectivity index (χ1) is 63.1. The molecule has 14 rings (SSSR count). The van der Waals surface area contributed by atoms with Crippen LogP contribution in [0, 0.1) is 0 Å². The first-order valence-corrected chi connectivity index (χ1v) is 37.0. The minimum Gasteiger partial charge on any atom is -0.504 e. The van der Waals surface area contributed by atoms with Crippen LogP contribution in [-0.2, 0) is 56.8 Å². The Morgan fingerprint density at radius 1 is 0.254 bits per heavy atom. The average molecular weight is 1880 g/mol. The summed E-state index contributed by atoms with van der Waals surface area (Å²) >= 11 is 0. The molecule has 10 aromatic rings. The van der Waals surface area contributed by atoms with E-state index >= 15 is 4.79 Å². The molecule has 4 aliphatic heterocycles. The van der Waals surface area contributed by atoms with E-state index in [1.54, 1.807) is 0 Å². The molecule has 0 saturated carbocycles. The summed E-state index contributed by atoms with van der Waals surface area (Å²) in [5.41, 5.74) is -16.9. The third kappa shape index (κ3) is 16.1. The molecule has 0 aliphatic carbocycles. The summed E-state index contributed by atoms with van der Waals surface area (Å²) < 4.78 is 74.0. The number of phenols is 29. The summed E-state index contributed by atoms with van der Waals surface area (Å²) in [4.78, 5) is 147. The number of rotatable bonds is 14. The SMILES string of the molecule is O=C(O[C@@H]1[C@@H](OC(=O)c2cc(O)c(O)c(O)c2)[C@H](OC(=O)c2ccc(Oc3c(C(=O)O[C@@H]4O[C@@H]5COC(=O)c6cc(O)c(O)c(O)c6-c6c(cc(O)c(O)c6O)C(=O)O[C@H]5[C@H](OC(=O)c5cc(O)c(O)c(O)c5)[C@H]4OC(=O)c4cc(O)c(O)c(O)c4)cc(O)c(O)c3O)c(O)c2O)O[C@@H]2COC(=O)c3cc(O)c(O)c(O)c3-c3c(cc(O)c(O)c3O)C(=O)O[C@@H]12)c1cc(O)c(O)c(O)c1. The number of cyclic esters (lactones) is 2. The zero-order valence-electron chi connectivity index (χ0n) is 65.7. The number of hydrogen-bond donors (Lipinski definition) is 29. The standard InChI is InChI=1S/C82H58O52/c83-28-3-18(4-29(84)49(28)97)71(112)129-67-65-42(16-122-75(116)23-11-36(91)53(101)59(107)44(23)46-25(78(119)127-65)13-38(93)55(103)61(46)109)125-81(69(67)131-73(114)20-7-32(87)51(99)33(88)8-20)133-77(118)22-1-2-41(58(106)48(22)96)124-64-27(15-40(95)57(105)63(64)111)80(121)134-82-70(132-74(115)21-9-34(89)52(100)35(90)10-21)68(130-72(113)19-5-30(85)50(98)31(86)6-19)66-43(126-82)17-123-76(117)24-12-37(92)54(102)60(108)45(24)47-26(79(120)128-66)14-39(94)56(104)62(47)110/h1-15,42-43,65-70,81-111H,16-17H2/t42-,43-,65-,66-,67+,68+,69-,70-,81+,82+/m1/s1. The van der Waals surface area contributed by atoms with Gasteiger partial charge in [-0.1, -0.05) is 0 Å². The van der Waals surface area contributed by atoms with Crippen LogP contribution in [0.15, 0.2) is 91.0 Å². The molecule has 134 heavy (non-hydrogen) atoms. The first-order valence-electron chi connectivity index (χ1n) is 37.0. The number of aromatic hydroxyl groups is 29. The molecule has 0 spiro atoms. The number of carbonyl (C=O) groups is 10. The lowest BCUT2D eigenvalue weighted by Crippen LogP contribution is -2.63. The Morgan fingerprint density at radius 3 is 0.821 bits per heavy atom. The molecule has 0 bridgehead atoms. The van der Waals surface area contributed by atoms with E-state index in [1.165, 1.54) is 0 Å². The van der Waals surface area contributed by atoms with E-state index in [9.17, 15) is 191 Å². The first kappa shape index (κ1) is 91.0. The maximum Gasteiger partial charge on any atom is 0.344 e. The van der Waals surface area contributed by atoms with Crippen LogP contribution in [0.4, 0.5) is 0 Å². The van der Waals surface area contributed by atoms with Crippen molar-refractivity contribution in [1.29, 1.82) is 0 Å². The van der Waals surface area contributed by atoms with Crippen LogP contribution in [0.5, 0.6) is 178 Å². The molecule has 698 valence electrons. The van der Waals surface area contributed by atoms with Gasteiger partial charge in [0.25, 0.3) is 0 Å². The highest BCUT2D eigenvalue weighted by Crippen LogP contribution is 2.58. The number of fused-ring (bicyclic) bond motifs is 8. The van der Waals surface area contributed by atoms with Gasteiger partial charge >= 0.3 is 59.7 Å². The molecule has 10 aromatic carbocycles. The number of ether oxygens (including phenoxy) is 13. The smallest absolute Gasteiger partial charge is 0.344 e. The molecule has 2 saturated heterocycles. The lowest BCUT2D eigenvalue weighted by atomic mass is 9.92. The topological polar surface area (TPSA) is 877 Å². The Balaban J connectivity index is 0.860. The highest BCUT2D eigenvalue weighted by molar-refractivity contribution is 6.11. The van der Waals surface area contributed by atoms with Crippen LogP contribution in [0.3, 0.4) is 0 Å². The quantitative estimate of drug-likeness (QED) is 0.0419. The summed E-state index contributed by atoms with van der Waals surface area (Å²) in [5, 5.41) is 314. The highest BCUT2D eigenvalue weighted by atomic mass is 16.8. The molecule has 0 amide bonds. The predicted molar refractivity (Wildman–Crippen MR) is 415 cm³/mol. The summed E-state index contributed by atoms with van der Waals surface area (Å²) in [7, 11) is 0. The summed E-state index contributed by atoms with van der Waals surface area (Å²) in [6.07, 6.45) is -28.3. The molecule has 10 atom stereocenters. The van der Waals surface area contributed by atoms with Crippen molar-refractivity contribution in [1.82, 2.24) is 0 Å². The van der Waals surface area contributed by atoms with Crippen LogP contribution in [0.2, 0.25) is 0 Å². The molecule has 29 N–H and O–H groups in total. The second-order valence-corrected chi connectivity index (χ2v) is 28.7. The van der Waals surface area contributed by atoms with Crippen LogP contribution in [0.1, 0.15) is 104 Å². The molecular formula is C82H58O52. The minimum atomic E-state index is -3.06. The van der Waals surface area contributed by atoms with Gasteiger partial charge in [0.2, 0.25) is 65.0 Å². The highest BCUT2D eigenvalue weighted by Gasteiger charge is 2.58. The fourth-order valence-electron chi connectivity index (χ4n) is 13.9. The Morgan fingerprint density at radius 2 is 0.515 bits per heavy atom. The van der Waals surface area contributed by atoms with E-state index in [-0.39, 0.29) is 18.2 Å². The van der Waals surface area contributed by atoms with E-state index in [1.807, 2.05) is 0 Å². The molecule has 2 fully saturated rings. The molecule has 4 heterocycles. The van der Waals surface area contributed by atoms with E-state index < -0.39 is 390 Å². The van der Waals surface area contributed by atoms with Crippen molar-refractivity contribution < 1.29 is 258 Å². The van der Waals surface area contributed by atoms with Crippen LogP contribution in [0.25, 0.3) is 22.3 Å². The lowest BCUT2D eigenvalue weighted by Gasteiger charge is -2.43. The minimum absolute atomic E-state index is 0.138. The third-order valence-corrected chi connectivity index (χ3v) is 20.4. The number of benzene rings is 10. The van der Waals surface area contributed by atoms with Crippen LogP contribution >= 0.6 is 0 Å². The van der Waals surface area contributed by atoms with E-state index in [0.29, 0.717) is 72.8 Å². The van der Waals surface area contributed by atoms with Gasteiger partial charge in [0.05, 0.1) is 44.5 Å². The zero-order chi connectivity index (χ0) is 97.7. The number of hydrogen-bond acceptors (Lipinski definition) is 52. The predicted octanol–water partition coefficient (Wildman–Crippen LogP) is 3.73. The summed E-state index contributed by atoms with van der Waals surface area (Å²) in [5.74, 6) is -64.8. The Hall–Kier alpha value is -19.2. The second-order valence-electron chi connectivity index (χ2n) is 28.7. The van der Waals surface area contributed by atoms with Crippen molar-refractivity contribution in [2.24, 2.45) is 0 Å². The normalized spacial score (nSPS) is 19.1. The molecular weight excluding hydrogens is 1820 g/mol. The summed E-state index contributed by atoms with van der Waals surface area (Å²) in [6.45, 7) is -3.10. The van der Waals surface area contributed by atoms with E-state index in [2.05, 4.69) is 0 Å². The fourth-order valence-corrected chi connectivity index (χ4v) is 13.9. The van der Waals surface area contributed by atoms with Gasteiger partial charge in [-0.15, -0.1) is 0 Å². The maximum atomic E-state index is 15.3. The fraction of sp³-hybridized carbons (Fsp3) is 0.146. The lowest BCUT2D eigenvalue weighted by molar-refractivity contribution is -0.282. The molecule has 52 nitrogen and oxygen atoms in total. The largest absolute Gasteiger partial charge is 0.504 e. The van der Waals surface area contributed by atoms with Gasteiger partial charge in [0.15, 0.2) is 162 Å². The van der Waals surface area contributed by atoms with Crippen molar-refractivity contribution in [2.45, 2.75) is 61.4 Å². The van der Waals surface area contributed by atoms with Crippen molar-refractivity contribution in [3.63, 3.8) is 0 Å². The molecule has 0 unspecified atom stereocenters. The van der Waals surface area contributed by atoms with Gasteiger partial charge in [-0.25, -0.2) is 47.9 Å². The summed E-state index contributed by atoms with van der Waals surface area (Å²) in [6, 6.07) is 5.25. The van der Waals surface area contributed by atoms with Gasteiger partial charge in [0, 0.05) is 28.3 Å². The average Bonchev–Trinajstić information content (AvgIpc) is 1.30. The van der Waals surface area contributed by atoms with E-state index in [4.69, 9.17) is 61.6 Å². The Labute approximate surface area is 736 Å². The van der Waals surface area contributed by atoms with E-state index in [0.717, 1.165) is 0 Å². The van der Waals surface area contributed by atoms with Crippen LogP contribution < -0.4 is 4.74 Å². The zero-order valence-corrected chi connectivity index (χ0v) is 65.7. The third-order valence-electron chi connectivity index (χ3n) is 20.4. The maximum absolute atomic E-state index is 15.3. The van der Waals surface area contributed by atoms with Gasteiger partial charge < -0.3 is 210 Å². The van der Waals surface area contributed by atoms with Crippen molar-refractivity contribution in [2.75, 3.05) is 13.2 Å². The van der Waals surface area contributed by atoms with Crippen molar-refractivity contribution >= 4 is 59.7 Å². The van der Waals surface area contributed by atoms with Gasteiger partial charge in [-0.2, -0.15) is 0 Å². The number of carbonyl (C=O) groups excluding carboxylic acids is 10. The van der Waals surface area contributed by atoms with Crippen molar-refractivity contribution in [3.8, 4) is 200 Å². The molecule has 4 aliphatic rings. The molecule has 0 aromatic heterocycles. The van der Waals surface area contributed by atoms with Gasteiger partial charge in [-0.05, 0) is 84.9 Å². The Bertz CT molecular complexity index is 6660. The van der Waals surface area contributed by atoms with Gasteiger partial charge in [0.1, 0.15) is 36.5 Å². The molecule has 0 radical (unpaired) electrons. The second kappa shape index (κ2) is 34.2. The molecule has 52 heteroatoms. The van der Waals surface area contributed by atoms with Crippen LogP contribution in [-0.4, -0.2) is 282 Å². The van der Waals surface area contributed by atoms with Gasteiger partial charge in [-0.3, -0.25) is 0 Å². The monoisotopic (exact) mass is 1870 g/mol.